The van der Waals surface area contributed by atoms with E-state index in [1.54, 1.807) is 0 Å². The minimum absolute atomic E-state index is 0.0339. The molecule has 0 saturated carbocycles. The molecule has 2 aliphatic heterocycles. The van der Waals surface area contributed by atoms with Crippen LogP contribution in [0.3, 0.4) is 0 Å². The lowest BCUT2D eigenvalue weighted by Gasteiger charge is -2.20. The summed E-state index contributed by atoms with van der Waals surface area (Å²) in [5.74, 6) is -0.0859. The van der Waals surface area contributed by atoms with Gasteiger partial charge in [-0.2, -0.15) is 0 Å². The Morgan fingerprint density at radius 1 is 1.17 bits per heavy atom. The number of hydrogen-bond donors (Lipinski definition) is 4. The Bertz CT molecular complexity index is 1020. The van der Waals surface area contributed by atoms with Crippen LogP contribution in [0.5, 0.6) is 0 Å². The Hall–Kier alpha value is -2.82. The molecule has 1 aliphatic carbocycles. The Labute approximate surface area is 168 Å². The third-order valence-electron chi connectivity index (χ3n) is 5.33. The SMILES string of the molecule is N=C/C(=C1\NCCCO1)S(=O)(=O)NC(=O)Nc1c2c(n3c1CCC3)CCCC2=O. The molecular weight excluding hydrogens is 398 g/mol. The Morgan fingerprint density at radius 3 is 2.69 bits per heavy atom. The fourth-order valence-electron chi connectivity index (χ4n) is 4.13. The van der Waals surface area contributed by atoms with Crippen molar-refractivity contribution in [3.8, 4) is 0 Å². The summed E-state index contributed by atoms with van der Waals surface area (Å²) in [7, 11) is -4.33. The predicted octanol–water partition coefficient (Wildman–Crippen LogP) is 1.23. The number of nitrogens with zero attached hydrogens (tertiary/aromatic N) is 1. The van der Waals surface area contributed by atoms with Gasteiger partial charge in [0, 0.05) is 37.1 Å². The van der Waals surface area contributed by atoms with Crippen LogP contribution in [0.25, 0.3) is 0 Å². The second-order valence-electron chi connectivity index (χ2n) is 7.20. The van der Waals surface area contributed by atoms with E-state index in [0.717, 1.165) is 43.6 Å². The fourth-order valence-corrected chi connectivity index (χ4v) is 5.07. The average molecular weight is 421 g/mol. The van der Waals surface area contributed by atoms with Crippen LogP contribution in [0, 0.1) is 5.41 Å². The summed E-state index contributed by atoms with van der Waals surface area (Å²) < 4.78 is 34.5. The van der Waals surface area contributed by atoms with Crippen LogP contribution >= 0.6 is 0 Å². The topological polar surface area (TPSA) is 142 Å². The van der Waals surface area contributed by atoms with Gasteiger partial charge >= 0.3 is 6.03 Å². The van der Waals surface area contributed by atoms with Crippen molar-refractivity contribution in [1.82, 2.24) is 14.6 Å². The van der Waals surface area contributed by atoms with Crippen molar-refractivity contribution in [2.75, 3.05) is 18.5 Å². The van der Waals surface area contributed by atoms with Crippen molar-refractivity contribution >= 4 is 33.7 Å². The molecule has 2 amide bonds. The first-order valence-electron chi connectivity index (χ1n) is 9.65. The van der Waals surface area contributed by atoms with Crippen LogP contribution in [-0.2, 0) is 34.1 Å². The number of rotatable bonds is 4. The molecule has 0 spiro atoms. The highest BCUT2D eigenvalue weighted by atomic mass is 32.2. The highest BCUT2D eigenvalue weighted by Crippen LogP contribution is 2.37. The first-order valence-corrected chi connectivity index (χ1v) is 11.1. The number of hydrogen-bond acceptors (Lipinski definition) is 7. The number of Topliss-reactive ketones (excluding diaryl/α,β-unsaturated/α-hetero) is 1. The maximum absolute atomic E-state index is 12.6. The number of aromatic nitrogens is 1. The molecule has 0 radical (unpaired) electrons. The normalized spacial score (nSPS) is 20.1. The summed E-state index contributed by atoms with van der Waals surface area (Å²) in [6, 6.07) is -0.970. The molecule has 4 N–H and O–H groups in total. The summed E-state index contributed by atoms with van der Waals surface area (Å²) in [6.07, 6.45) is 4.93. The van der Waals surface area contributed by atoms with Gasteiger partial charge < -0.3 is 25.3 Å². The first kappa shape index (κ1) is 19.5. The maximum Gasteiger partial charge on any atom is 0.333 e. The van der Waals surface area contributed by atoms with E-state index in [1.807, 2.05) is 4.72 Å². The molecule has 4 rings (SSSR count). The van der Waals surface area contributed by atoms with Gasteiger partial charge in [-0.15, -0.1) is 0 Å². The van der Waals surface area contributed by atoms with Gasteiger partial charge in [0.1, 0.15) is 0 Å². The molecule has 156 valence electrons. The van der Waals surface area contributed by atoms with Crippen LogP contribution in [0.1, 0.15) is 47.4 Å². The Kier molecular flexibility index (Phi) is 5.07. The van der Waals surface area contributed by atoms with Crippen molar-refractivity contribution < 1.29 is 22.7 Å². The largest absolute Gasteiger partial charge is 0.478 e. The molecule has 1 aromatic heterocycles. The minimum Gasteiger partial charge on any atom is -0.478 e. The van der Waals surface area contributed by atoms with Crippen molar-refractivity contribution in [1.29, 1.82) is 5.41 Å². The van der Waals surface area contributed by atoms with E-state index in [2.05, 4.69) is 15.2 Å². The number of sulfonamides is 1. The molecule has 3 heterocycles. The van der Waals surface area contributed by atoms with Crippen LogP contribution in [0.4, 0.5) is 10.5 Å². The van der Waals surface area contributed by atoms with Gasteiger partial charge in [0.05, 0.1) is 17.9 Å². The molecule has 1 aromatic rings. The van der Waals surface area contributed by atoms with Gasteiger partial charge in [0.2, 0.25) is 5.88 Å². The smallest absolute Gasteiger partial charge is 0.333 e. The molecule has 0 atom stereocenters. The first-order chi connectivity index (χ1) is 13.9. The lowest BCUT2D eigenvalue weighted by atomic mass is 9.94. The van der Waals surface area contributed by atoms with E-state index in [0.29, 0.717) is 43.5 Å². The highest BCUT2D eigenvalue weighted by Gasteiger charge is 2.33. The lowest BCUT2D eigenvalue weighted by molar-refractivity contribution is 0.0972. The number of fused-ring (bicyclic) bond motifs is 3. The second-order valence-corrected chi connectivity index (χ2v) is 8.85. The van der Waals surface area contributed by atoms with Gasteiger partial charge in [0.25, 0.3) is 10.0 Å². The van der Waals surface area contributed by atoms with Crippen LogP contribution in [0.15, 0.2) is 10.8 Å². The molecule has 0 aromatic carbocycles. The van der Waals surface area contributed by atoms with Gasteiger partial charge in [-0.3, -0.25) is 4.79 Å². The number of allylic oxidation sites excluding steroid dienone is 1. The number of amides is 2. The number of carbonyl (C=O) groups is 2. The highest BCUT2D eigenvalue weighted by molar-refractivity contribution is 7.94. The van der Waals surface area contributed by atoms with E-state index in [4.69, 9.17) is 10.1 Å². The lowest BCUT2D eigenvalue weighted by Crippen LogP contribution is -2.38. The number of ether oxygens (including phenoxy) is 1. The zero-order valence-electron chi connectivity index (χ0n) is 15.8. The van der Waals surface area contributed by atoms with Crippen molar-refractivity contribution in [3.05, 3.63) is 27.7 Å². The van der Waals surface area contributed by atoms with Crippen molar-refractivity contribution in [3.63, 3.8) is 0 Å². The predicted molar refractivity (Wildman–Crippen MR) is 105 cm³/mol. The molecule has 10 nitrogen and oxygen atoms in total. The van der Waals surface area contributed by atoms with Crippen molar-refractivity contribution in [2.45, 2.75) is 45.1 Å². The van der Waals surface area contributed by atoms with E-state index >= 15 is 0 Å². The van der Waals surface area contributed by atoms with Crippen LogP contribution < -0.4 is 15.4 Å². The zero-order valence-corrected chi connectivity index (χ0v) is 16.7. The number of ketones is 1. The standard InChI is InChI=1S/C18H23N5O5S/c19-10-14(17-20-7-3-9-28-17)29(26,27)22-18(25)21-16-12-5-2-8-23(12)11-4-1-6-13(24)15(11)16/h10,19-20H,1-9H2,(H2,21,22,25)/b17-14-,19-10?. The Balaban J connectivity index is 1.59. The summed E-state index contributed by atoms with van der Waals surface area (Å²) in [6.45, 7) is 1.63. The second kappa shape index (κ2) is 7.54. The fraction of sp³-hybridized carbons (Fsp3) is 0.500. The van der Waals surface area contributed by atoms with Gasteiger partial charge in [-0.1, -0.05) is 0 Å². The molecule has 11 heteroatoms. The third-order valence-corrected chi connectivity index (χ3v) is 6.67. The molecular formula is C18H23N5O5S. The van der Waals surface area contributed by atoms with E-state index in [1.165, 1.54) is 0 Å². The van der Waals surface area contributed by atoms with Crippen molar-refractivity contribution in [2.24, 2.45) is 0 Å². The molecule has 29 heavy (non-hydrogen) atoms. The summed E-state index contributed by atoms with van der Waals surface area (Å²) in [5, 5.41) is 12.8. The van der Waals surface area contributed by atoms with Gasteiger partial charge in [0.15, 0.2) is 10.7 Å². The monoisotopic (exact) mass is 421 g/mol. The molecule has 3 aliphatic rings. The Morgan fingerprint density at radius 2 is 1.97 bits per heavy atom. The van der Waals surface area contributed by atoms with Gasteiger partial charge in [-0.25, -0.2) is 17.9 Å². The number of nitrogens with one attached hydrogen (secondary N) is 4. The zero-order chi connectivity index (χ0) is 20.6. The van der Waals surface area contributed by atoms with E-state index in [-0.39, 0.29) is 11.7 Å². The molecule has 1 saturated heterocycles. The average Bonchev–Trinajstić information content (AvgIpc) is 3.26. The molecule has 0 unspecified atom stereocenters. The van der Waals surface area contributed by atoms with E-state index < -0.39 is 21.0 Å². The summed E-state index contributed by atoms with van der Waals surface area (Å²) in [4.78, 5) is 24.6. The number of urea groups is 1. The quantitative estimate of drug-likeness (QED) is 0.539. The number of carbonyl (C=O) groups excluding carboxylic acids is 2. The van der Waals surface area contributed by atoms with Crippen LogP contribution in [0.2, 0.25) is 0 Å². The maximum atomic E-state index is 12.6. The molecule has 1 fully saturated rings. The van der Waals surface area contributed by atoms with Crippen LogP contribution in [-0.4, -0.2) is 44.2 Å². The summed E-state index contributed by atoms with van der Waals surface area (Å²) >= 11 is 0. The minimum atomic E-state index is -4.33. The third kappa shape index (κ3) is 3.50. The van der Waals surface area contributed by atoms with E-state index in [9.17, 15) is 18.0 Å². The van der Waals surface area contributed by atoms with Gasteiger partial charge in [-0.05, 0) is 32.1 Å². The summed E-state index contributed by atoms with van der Waals surface area (Å²) in [5.41, 5.74) is 2.70. The number of anilines is 1. The molecule has 0 bridgehead atoms.